The molecule has 0 bridgehead atoms. The van der Waals surface area contributed by atoms with Crippen LogP contribution in [0.4, 0.5) is 5.95 Å². The number of benzene rings is 1. The number of hydrogen-bond donors (Lipinski definition) is 1. The molecule has 25 heavy (non-hydrogen) atoms. The van der Waals surface area contributed by atoms with Crippen LogP contribution in [0.15, 0.2) is 48.1 Å². The summed E-state index contributed by atoms with van der Waals surface area (Å²) >= 11 is 5.82. The molecule has 6 nitrogen and oxygen atoms in total. The van der Waals surface area contributed by atoms with E-state index in [4.69, 9.17) is 11.6 Å². The van der Waals surface area contributed by atoms with Gasteiger partial charge in [-0.15, -0.1) is 0 Å². The maximum absolute atomic E-state index is 12.2. The average molecular weight is 379 g/mol. The summed E-state index contributed by atoms with van der Waals surface area (Å²) in [5.41, 5.74) is 0.783. The summed E-state index contributed by atoms with van der Waals surface area (Å²) in [6, 6.07) is 8.68. The van der Waals surface area contributed by atoms with E-state index in [9.17, 15) is 8.42 Å². The fourth-order valence-electron chi connectivity index (χ4n) is 2.67. The summed E-state index contributed by atoms with van der Waals surface area (Å²) in [7, 11) is -3.48. The summed E-state index contributed by atoms with van der Waals surface area (Å²) in [5, 5.41) is 1.82. The average Bonchev–Trinajstić information content (AvgIpc) is 2.62. The molecule has 0 aliphatic carbocycles. The monoisotopic (exact) mass is 378 g/mol. The lowest BCUT2D eigenvalue weighted by molar-refractivity contribution is 0.459. The van der Waals surface area contributed by atoms with Gasteiger partial charge in [-0.25, -0.2) is 23.1 Å². The molecule has 0 unspecified atom stereocenters. The SMILES string of the molecule is O=S(=O)(/C=C/c1ccc(Cl)cc1)NC1CCN(c2ncccn2)CC1. The zero-order valence-electron chi connectivity index (χ0n) is 13.5. The normalized spacial score (nSPS) is 16.4. The number of nitrogens with one attached hydrogen (secondary N) is 1. The number of anilines is 1. The van der Waals surface area contributed by atoms with Gasteiger partial charge in [0.2, 0.25) is 16.0 Å². The summed E-state index contributed by atoms with van der Waals surface area (Å²) in [5.74, 6) is 0.687. The summed E-state index contributed by atoms with van der Waals surface area (Å²) in [6.07, 6.45) is 6.40. The van der Waals surface area contributed by atoms with E-state index in [2.05, 4.69) is 19.6 Å². The van der Waals surface area contributed by atoms with Crippen LogP contribution in [-0.4, -0.2) is 37.5 Å². The molecule has 2 aromatic rings. The Hall–Kier alpha value is -1.96. The first-order chi connectivity index (χ1) is 12.0. The van der Waals surface area contributed by atoms with E-state index >= 15 is 0 Å². The highest BCUT2D eigenvalue weighted by atomic mass is 35.5. The van der Waals surface area contributed by atoms with Crippen molar-refractivity contribution in [3.05, 3.63) is 58.7 Å². The maximum Gasteiger partial charge on any atom is 0.233 e. The Balaban J connectivity index is 1.54. The van der Waals surface area contributed by atoms with Crippen molar-refractivity contribution < 1.29 is 8.42 Å². The van der Waals surface area contributed by atoms with Crippen LogP contribution < -0.4 is 9.62 Å². The highest BCUT2D eigenvalue weighted by Gasteiger charge is 2.23. The fraction of sp³-hybridized carbons (Fsp3) is 0.294. The Bertz CT molecular complexity index is 817. The van der Waals surface area contributed by atoms with E-state index in [1.54, 1.807) is 48.8 Å². The van der Waals surface area contributed by atoms with Crippen LogP contribution >= 0.6 is 11.6 Å². The van der Waals surface area contributed by atoms with E-state index in [1.807, 2.05) is 0 Å². The number of nitrogens with zero attached hydrogens (tertiary/aromatic N) is 3. The van der Waals surface area contributed by atoms with Crippen LogP contribution in [0.2, 0.25) is 5.02 Å². The molecular formula is C17H19ClN4O2S. The lowest BCUT2D eigenvalue weighted by atomic mass is 10.1. The van der Waals surface area contributed by atoms with Gasteiger partial charge in [-0.1, -0.05) is 23.7 Å². The molecule has 132 valence electrons. The zero-order chi connectivity index (χ0) is 17.7. The first kappa shape index (κ1) is 17.8. The second-order valence-corrected chi connectivity index (χ2v) is 7.86. The number of piperidine rings is 1. The van der Waals surface area contributed by atoms with Crippen LogP contribution in [0.3, 0.4) is 0 Å². The topological polar surface area (TPSA) is 75.2 Å². The van der Waals surface area contributed by atoms with Crippen molar-refractivity contribution >= 4 is 33.6 Å². The fourth-order valence-corrected chi connectivity index (χ4v) is 3.91. The van der Waals surface area contributed by atoms with Crippen LogP contribution in [0.5, 0.6) is 0 Å². The molecule has 0 radical (unpaired) electrons. The molecule has 1 aliphatic rings. The molecule has 1 aromatic heterocycles. The van der Waals surface area contributed by atoms with Crippen molar-refractivity contribution in [3.63, 3.8) is 0 Å². The minimum Gasteiger partial charge on any atom is -0.341 e. The third kappa shape index (κ3) is 5.26. The lowest BCUT2D eigenvalue weighted by Crippen LogP contribution is -2.44. The zero-order valence-corrected chi connectivity index (χ0v) is 15.1. The lowest BCUT2D eigenvalue weighted by Gasteiger charge is -2.31. The van der Waals surface area contributed by atoms with Gasteiger partial charge in [0.25, 0.3) is 0 Å². The first-order valence-corrected chi connectivity index (χ1v) is 9.92. The Kier molecular flexibility index (Phi) is 5.67. The Morgan fingerprint density at radius 1 is 1.12 bits per heavy atom. The number of aromatic nitrogens is 2. The predicted molar refractivity (Wildman–Crippen MR) is 99.8 cm³/mol. The smallest absolute Gasteiger partial charge is 0.233 e. The van der Waals surface area contributed by atoms with Crippen LogP contribution in [0.1, 0.15) is 18.4 Å². The Morgan fingerprint density at radius 2 is 1.76 bits per heavy atom. The molecule has 1 aliphatic heterocycles. The van der Waals surface area contributed by atoms with Crippen LogP contribution in [-0.2, 0) is 10.0 Å². The second-order valence-electron chi connectivity index (χ2n) is 5.83. The predicted octanol–water partition coefficient (Wildman–Crippen LogP) is 2.69. The molecule has 0 amide bonds. The Labute approximate surface area is 152 Å². The molecule has 8 heteroatoms. The summed E-state index contributed by atoms with van der Waals surface area (Å²) in [6.45, 7) is 1.44. The molecule has 1 aromatic carbocycles. The summed E-state index contributed by atoms with van der Waals surface area (Å²) < 4.78 is 27.2. The largest absolute Gasteiger partial charge is 0.341 e. The number of rotatable bonds is 5. The minimum atomic E-state index is -3.48. The van der Waals surface area contributed by atoms with Crippen molar-refractivity contribution in [2.24, 2.45) is 0 Å². The maximum atomic E-state index is 12.2. The third-order valence-corrected chi connectivity index (χ3v) is 5.38. The van der Waals surface area contributed by atoms with Gasteiger partial charge in [0, 0.05) is 42.0 Å². The van der Waals surface area contributed by atoms with Gasteiger partial charge in [-0.3, -0.25) is 0 Å². The van der Waals surface area contributed by atoms with E-state index in [0.29, 0.717) is 23.8 Å². The first-order valence-electron chi connectivity index (χ1n) is 8.00. The highest BCUT2D eigenvalue weighted by Crippen LogP contribution is 2.16. The summed E-state index contributed by atoms with van der Waals surface area (Å²) in [4.78, 5) is 10.5. The highest BCUT2D eigenvalue weighted by molar-refractivity contribution is 7.92. The van der Waals surface area contributed by atoms with E-state index in [-0.39, 0.29) is 6.04 Å². The molecule has 1 N–H and O–H groups in total. The van der Waals surface area contributed by atoms with Crippen molar-refractivity contribution in [3.8, 4) is 0 Å². The molecular weight excluding hydrogens is 360 g/mol. The number of sulfonamides is 1. The molecule has 2 heterocycles. The van der Waals surface area contributed by atoms with Crippen molar-refractivity contribution in [1.29, 1.82) is 0 Å². The third-order valence-electron chi connectivity index (χ3n) is 3.97. The van der Waals surface area contributed by atoms with E-state index < -0.39 is 10.0 Å². The van der Waals surface area contributed by atoms with Gasteiger partial charge in [0.1, 0.15) is 0 Å². The van der Waals surface area contributed by atoms with E-state index in [0.717, 1.165) is 18.7 Å². The number of halogens is 1. The van der Waals surface area contributed by atoms with Gasteiger partial charge in [-0.05, 0) is 42.7 Å². The van der Waals surface area contributed by atoms with E-state index in [1.165, 1.54) is 5.41 Å². The van der Waals surface area contributed by atoms with Crippen molar-refractivity contribution in [2.45, 2.75) is 18.9 Å². The van der Waals surface area contributed by atoms with Crippen molar-refractivity contribution in [2.75, 3.05) is 18.0 Å². The van der Waals surface area contributed by atoms with Crippen molar-refractivity contribution in [1.82, 2.24) is 14.7 Å². The van der Waals surface area contributed by atoms with Gasteiger partial charge < -0.3 is 4.90 Å². The molecule has 3 rings (SSSR count). The Morgan fingerprint density at radius 3 is 2.40 bits per heavy atom. The van der Waals surface area contributed by atoms with Gasteiger partial charge in [-0.2, -0.15) is 0 Å². The molecule has 0 spiro atoms. The van der Waals surface area contributed by atoms with Gasteiger partial charge in [0.15, 0.2) is 0 Å². The second kappa shape index (κ2) is 7.95. The van der Waals surface area contributed by atoms with Crippen LogP contribution in [0, 0.1) is 0 Å². The standard InChI is InChI=1S/C17H19ClN4O2S/c18-15-4-2-14(3-5-15)8-13-25(23,24)21-16-6-11-22(12-7-16)17-19-9-1-10-20-17/h1-5,8-10,13,16,21H,6-7,11-12H2/b13-8+. The number of hydrogen-bond acceptors (Lipinski definition) is 5. The molecule has 0 atom stereocenters. The molecule has 1 saturated heterocycles. The minimum absolute atomic E-state index is 0.0835. The molecule has 0 saturated carbocycles. The van der Waals surface area contributed by atoms with Gasteiger partial charge in [0.05, 0.1) is 0 Å². The molecule has 1 fully saturated rings. The van der Waals surface area contributed by atoms with Gasteiger partial charge >= 0.3 is 0 Å². The quantitative estimate of drug-likeness (QED) is 0.865. The van der Waals surface area contributed by atoms with Crippen LogP contribution in [0.25, 0.3) is 6.08 Å².